The summed E-state index contributed by atoms with van der Waals surface area (Å²) < 4.78 is 6.60. The van der Waals surface area contributed by atoms with Crippen LogP contribution in [0.3, 0.4) is 0 Å². The molecule has 4 heterocycles. The average Bonchev–Trinajstić information content (AvgIpc) is 3.10. The first kappa shape index (κ1) is 19.3. The van der Waals surface area contributed by atoms with E-state index < -0.39 is 17.5 Å². The molecule has 2 aliphatic heterocycles. The van der Waals surface area contributed by atoms with Crippen molar-refractivity contribution in [2.75, 3.05) is 5.73 Å². The van der Waals surface area contributed by atoms with E-state index in [-0.39, 0.29) is 42.7 Å². The van der Waals surface area contributed by atoms with Crippen molar-refractivity contribution in [3.8, 4) is 11.4 Å². The van der Waals surface area contributed by atoms with Crippen LogP contribution < -0.4 is 11.3 Å². The molecule has 5 rings (SSSR count). The molecule has 1 unspecified atom stereocenters. The minimum absolute atomic E-state index is 0.0670. The fourth-order valence-electron chi connectivity index (χ4n) is 4.48. The molecule has 0 bridgehead atoms. The van der Waals surface area contributed by atoms with Crippen LogP contribution >= 0.6 is 0 Å². The van der Waals surface area contributed by atoms with Crippen LogP contribution in [0.5, 0.6) is 0 Å². The van der Waals surface area contributed by atoms with Crippen molar-refractivity contribution < 1.29 is 24.5 Å². The minimum atomic E-state index is -1.88. The fraction of sp³-hybridized carbons (Fsp3) is 0.273. The Hall–Kier alpha value is -3.72. The van der Waals surface area contributed by atoms with Crippen molar-refractivity contribution in [2.45, 2.75) is 38.5 Å². The molecule has 0 amide bonds. The van der Waals surface area contributed by atoms with Crippen LogP contribution in [-0.2, 0) is 39.5 Å². The molecule has 0 saturated carbocycles. The molecule has 1 aromatic carbocycles. The zero-order valence-electron chi connectivity index (χ0n) is 16.6. The molecule has 0 aliphatic carbocycles. The zero-order chi connectivity index (χ0) is 22.1. The number of benzene rings is 1. The van der Waals surface area contributed by atoms with Gasteiger partial charge in [0.15, 0.2) is 5.60 Å². The monoisotopic (exact) mass is 421 g/mol. The van der Waals surface area contributed by atoms with Crippen molar-refractivity contribution in [3.63, 3.8) is 0 Å². The van der Waals surface area contributed by atoms with E-state index in [4.69, 9.17) is 10.5 Å². The number of hydrogen-bond acceptors (Lipinski definition) is 7. The van der Waals surface area contributed by atoms with E-state index in [2.05, 4.69) is 4.98 Å². The number of cyclic esters (lactones) is 1. The second-order valence-electron chi connectivity index (χ2n) is 7.87. The van der Waals surface area contributed by atoms with Crippen LogP contribution in [0.15, 0.2) is 29.1 Å². The summed E-state index contributed by atoms with van der Waals surface area (Å²) in [6, 6.07) is 6.77. The van der Waals surface area contributed by atoms with Crippen molar-refractivity contribution >= 4 is 28.5 Å². The number of aliphatic hydroxyl groups is 1. The van der Waals surface area contributed by atoms with E-state index in [9.17, 15) is 24.6 Å². The standard InChI is InChI=1S/C22H19N3O6/c1-2-22(30)14-7-17-19-10(8-25(17)20(28)13(14)9-31-21(22)29)5-12-11(6-18(26)27)15(23)3-4-16(12)24-19/h3-5,7,30H,2,6,8-9,23H2,1H3,(H,26,27). The smallest absolute Gasteiger partial charge is 0.343 e. The minimum Gasteiger partial charge on any atom is -0.481 e. The Kier molecular flexibility index (Phi) is 3.97. The second kappa shape index (κ2) is 6.39. The number of hydrogen-bond donors (Lipinski definition) is 3. The van der Waals surface area contributed by atoms with Gasteiger partial charge < -0.3 is 25.3 Å². The van der Waals surface area contributed by atoms with E-state index in [1.165, 1.54) is 4.57 Å². The van der Waals surface area contributed by atoms with Crippen LogP contribution in [0.25, 0.3) is 22.3 Å². The van der Waals surface area contributed by atoms with Crippen LogP contribution in [0, 0.1) is 0 Å². The molecule has 0 spiro atoms. The number of fused-ring (bicyclic) bond motifs is 5. The molecule has 9 nitrogen and oxygen atoms in total. The highest BCUT2D eigenvalue weighted by atomic mass is 16.6. The molecule has 0 saturated heterocycles. The summed E-state index contributed by atoms with van der Waals surface area (Å²) in [6.45, 7) is 1.69. The number of nitrogen functional groups attached to an aromatic ring is 1. The Morgan fingerprint density at radius 2 is 2.10 bits per heavy atom. The number of ether oxygens (including phenoxy) is 1. The summed E-state index contributed by atoms with van der Waals surface area (Å²) >= 11 is 0. The van der Waals surface area contributed by atoms with Gasteiger partial charge in [0.05, 0.1) is 35.4 Å². The number of nitrogens with two attached hydrogens (primary N) is 1. The molecule has 0 fully saturated rings. The normalized spacial score (nSPS) is 19.0. The number of pyridine rings is 2. The summed E-state index contributed by atoms with van der Waals surface area (Å²) in [5.41, 5.74) is 7.45. The highest BCUT2D eigenvalue weighted by Crippen LogP contribution is 2.39. The maximum Gasteiger partial charge on any atom is 0.343 e. The molecule has 31 heavy (non-hydrogen) atoms. The number of carbonyl (C=O) groups excluding carboxylic acids is 1. The molecule has 2 aliphatic rings. The molecule has 2 aromatic heterocycles. The van der Waals surface area contributed by atoms with Crippen molar-refractivity contribution in [1.29, 1.82) is 0 Å². The fourth-order valence-corrected chi connectivity index (χ4v) is 4.48. The van der Waals surface area contributed by atoms with Gasteiger partial charge in [0.1, 0.15) is 6.61 Å². The first-order chi connectivity index (χ1) is 14.7. The first-order valence-electron chi connectivity index (χ1n) is 9.84. The highest BCUT2D eigenvalue weighted by Gasteiger charge is 2.45. The van der Waals surface area contributed by atoms with Crippen LogP contribution in [-0.4, -0.2) is 31.7 Å². The molecule has 9 heteroatoms. The Balaban J connectivity index is 1.76. The third-order valence-corrected chi connectivity index (χ3v) is 6.17. The number of nitrogens with zero attached hydrogens (tertiary/aromatic N) is 2. The highest BCUT2D eigenvalue weighted by molar-refractivity contribution is 5.93. The third-order valence-electron chi connectivity index (χ3n) is 6.17. The average molecular weight is 421 g/mol. The number of carboxylic acids is 1. The summed E-state index contributed by atoms with van der Waals surface area (Å²) in [5.74, 6) is -1.78. The molecule has 3 aromatic rings. The summed E-state index contributed by atoms with van der Waals surface area (Å²) in [7, 11) is 0. The Morgan fingerprint density at radius 1 is 1.32 bits per heavy atom. The SMILES string of the molecule is CCC1(O)C(=O)OCc2c1cc1n(c2=O)Cc2cc3c(CC(=O)O)c(N)ccc3nc2-1. The maximum atomic E-state index is 13.2. The lowest BCUT2D eigenvalue weighted by Gasteiger charge is -2.31. The number of anilines is 1. The van der Waals surface area contributed by atoms with Gasteiger partial charge in [-0.2, -0.15) is 0 Å². The zero-order valence-corrected chi connectivity index (χ0v) is 16.6. The van der Waals surface area contributed by atoms with Crippen molar-refractivity contribution in [3.05, 3.63) is 56.9 Å². The van der Waals surface area contributed by atoms with Gasteiger partial charge in [-0.3, -0.25) is 9.59 Å². The van der Waals surface area contributed by atoms with Gasteiger partial charge in [-0.1, -0.05) is 6.92 Å². The number of esters is 1. The Labute approximate surface area is 175 Å². The predicted molar refractivity (Wildman–Crippen MR) is 110 cm³/mol. The van der Waals surface area contributed by atoms with E-state index in [1.807, 2.05) is 6.07 Å². The van der Waals surface area contributed by atoms with E-state index in [0.29, 0.717) is 33.5 Å². The van der Waals surface area contributed by atoms with Crippen LogP contribution in [0.4, 0.5) is 5.69 Å². The number of carboxylic acid groups (broad SMARTS) is 1. The summed E-state index contributed by atoms with van der Waals surface area (Å²) in [5, 5.41) is 20.8. The topological polar surface area (TPSA) is 145 Å². The predicted octanol–water partition coefficient (Wildman–Crippen LogP) is 1.29. The Morgan fingerprint density at radius 3 is 2.81 bits per heavy atom. The first-order valence-corrected chi connectivity index (χ1v) is 9.84. The van der Waals surface area contributed by atoms with Gasteiger partial charge >= 0.3 is 11.9 Å². The molecular formula is C22H19N3O6. The van der Waals surface area contributed by atoms with E-state index >= 15 is 0 Å². The van der Waals surface area contributed by atoms with Gasteiger partial charge in [0, 0.05) is 22.2 Å². The quantitative estimate of drug-likeness (QED) is 0.331. The van der Waals surface area contributed by atoms with Gasteiger partial charge in [0.25, 0.3) is 5.56 Å². The lowest BCUT2D eigenvalue weighted by molar-refractivity contribution is -0.172. The van der Waals surface area contributed by atoms with Crippen molar-refractivity contribution in [1.82, 2.24) is 9.55 Å². The molecule has 4 N–H and O–H groups in total. The Bertz CT molecular complexity index is 1380. The number of aliphatic carboxylic acids is 1. The van der Waals surface area contributed by atoms with Gasteiger partial charge in [-0.05, 0) is 36.2 Å². The third kappa shape index (κ3) is 2.59. The van der Waals surface area contributed by atoms with Crippen LogP contribution in [0.2, 0.25) is 0 Å². The van der Waals surface area contributed by atoms with Crippen molar-refractivity contribution in [2.24, 2.45) is 0 Å². The second-order valence-corrected chi connectivity index (χ2v) is 7.87. The molecule has 158 valence electrons. The van der Waals surface area contributed by atoms with Crippen LogP contribution in [0.1, 0.15) is 35.6 Å². The van der Waals surface area contributed by atoms with Gasteiger partial charge in [-0.15, -0.1) is 0 Å². The molecule has 1 atom stereocenters. The molecular weight excluding hydrogens is 402 g/mol. The van der Waals surface area contributed by atoms with Gasteiger partial charge in [0.2, 0.25) is 0 Å². The lowest BCUT2D eigenvalue weighted by atomic mass is 9.86. The lowest BCUT2D eigenvalue weighted by Crippen LogP contribution is -2.44. The summed E-state index contributed by atoms with van der Waals surface area (Å²) in [6.07, 6.45) is -0.175. The van der Waals surface area contributed by atoms with E-state index in [0.717, 1.165) is 5.56 Å². The number of carbonyl (C=O) groups is 2. The van der Waals surface area contributed by atoms with E-state index in [1.54, 1.807) is 25.1 Å². The largest absolute Gasteiger partial charge is 0.481 e. The van der Waals surface area contributed by atoms with Gasteiger partial charge in [-0.25, -0.2) is 9.78 Å². The summed E-state index contributed by atoms with van der Waals surface area (Å²) in [4.78, 5) is 41.4. The molecule has 0 radical (unpaired) electrons. The number of aromatic nitrogens is 2. The maximum absolute atomic E-state index is 13.2. The number of rotatable bonds is 3.